The lowest BCUT2D eigenvalue weighted by Gasteiger charge is -2.06. The van der Waals surface area contributed by atoms with Gasteiger partial charge in [-0.15, -0.1) is 6.58 Å². The van der Waals surface area contributed by atoms with Crippen molar-refractivity contribution < 1.29 is 0 Å². The first kappa shape index (κ1) is 15.6. The van der Waals surface area contributed by atoms with E-state index in [4.69, 9.17) is 11.6 Å². The Morgan fingerprint density at radius 3 is 2.31 bits per heavy atom. The summed E-state index contributed by atoms with van der Waals surface area (Å²) in [7, 11) is 0. The van der Waals surface area contributed by atoms with Crippen molar-refractivity contribution >= 4 is 24.2 Å². The number of hydrogen-bond donors (Lipinski definition) is 1. The van der Waals surface area contributed by atoms with E-state index in [1.807, 2.05) is 19.1 Å². The predicted octanol–water partition coefficient (Wildman–Crippen LogP) is 5.17. The minimum Gasteiger partial charge on any atom is -0.176 e. The first-order valence-corrected chi connectivity index (χ1v) is 6.53. The molecule has 0 bridgehead atoms. The number of aryl methyl sites for hydroxylation is 1. The summed E-state index contributed by atoms with van der Waals surface area (Å²) in [6, 6.07) is 8.05. The molecule has 0 aliphatic rings. The van der Waals surface area contributed by atoms with E-state index in [1.54, 1.807) is 6.08 Å². The number of hydrogen-bond acceptors (Lipinski definition) is 1. The predicted molar refractivity (Wildman–Crippen MR) is 78.7 cm³/mol. The van der Waals surface area contributed by atoms with E-state index in [0.717, 1.165) is 24.3 Å². The molecule has 1 rings (SSSR count). The van der Waals surface area contributed by atoms with Gasteiger partial charge in [-0.1, -0.05) is 36.7 Å². The highest BCUT2D eigenvalue weighted by Gasteiger charge is 2.00. The second kappa shape index (κ2) is 9.80. The molecular weight excluding hydrogens is 236 g/mol. The van der Waals surface area contributed by atoms with Crippen molar-refractivity contribution in [3.05, 3.63) is 47.5 Å². The van der Waals surface area contributed by atoms with E-state index >= 15 is 0 Å². The van der Waals surface area contributed by atoms with Gasteiger partial charge < -0.3 is 0 Å². The van der Waals surface area contributed by atoms with Gasteiger partial charge in [-0.25, -0.2) is 0 Å². The number of rotatable bonds is 4. The zero-order valence-corrected chi connectivity index (χ0v) is 11.8. The van der Waals surface area contributed by atoms with Gasteiger partial charge in [0.2, 0.25) is 0 Å². The molecule has 0 aliphatic carbocycles. The molecule has 0 nitrogen and oxygen atoms in total. The van der Waals surface area contributed by atoms with Crippen molar-refractivity contribution in [3.8, 4) is 0 Å². The molecule has 2 heteroatoms. The van der Waals surface area contributed by atoms with E-state index in [9.17, 15) is 0 Å². The number of halogens is 1. The molecule has 0 saturated carbocycles. The Balaban J connectivity index is 0.000000673. The molecule has 0 spiro atoms. The van der Waals surface area contributed by atoms with Crippen LogP contribution in [0.1, 0.15) is 32.3 Å². The zero-order chi connectivity index (χ0) is 12.4. The third kappa shape index (κ3) is 7.84. The average molecular weight is 257 g/mol. The lowest BCUT2D eigenvalue weighted by Crippen LogP contribution is -1.98. The molecule has 1 aromatic carbocycles. The van der Waals surface area contributed by atoms with Crippen LogP contribution in [0.4, 0.5) is 0 Å². The van der Waals surface area contributed by atoms with Gasteiger partial charge in [-0.2, -0.15) is 12.6 Å². The first-order valence-electron chi connectivity index (χ1n) is 5.63. The topological polar surface area (TPSA) is 0 Å². The van der Waals surface area contributed by atoms with Crippen LogP contribution in [-0.4, -0.2) is 5.25 Å². The van der Waals surface area contributed by atoms with E-state index in [-0.39, 0.29) is 0 Å². The third-order valence-electron chi connectivity index (χ3n) is 2.15. The summed E-state index contributed by atoms with van der Waals surface area (Å²) in [5.74, 6) is 0. The summed E-state index contributed by atoms with van der Waals surface area (Å²) >= 11 is 10.2. The Morgan fingerprint density at radius 1 is 1.38 bits per heavy atom. The number of allylic oxidation sites excluding steroid dienone is 1. The maximum absolute atomic E-state index is 5.79. The quantitative estimate of drug-likeness (QED) is 0.557. The zero-order valence-electron chi connectivity index (χ0n) is 10.1. The lowest BCUT2D eigenvalue weighted by atomic mass is 10.1. The first-order chi connectivity index (χ1) is 7.63. The molecule has 0 radical (unpaired) electrons. The molecule has 0 N–H and O–H groups in total. The van der Waals surface area contributed by atoms with Crippen LogP contribution >= 0.6 is 24.2 Å². The molecule has 0 heterocycles. The van der Waals surface area contributed by atoms with Crippen LogP contribution in [0.5, 0.6) is 0 Å². The molecule has 0 aromatic heterocycles. The maximum atomic E-state index is 5.79. The molecule has 16 heavy (non-hydrogen) atoms. The smallest absolute Gasteiger partial charge is 0.0406 e. The van der Waals surface area contributed by atoms with Crippen LogP contribution in [-0.2, 0) is 6.42 Å². The van der Waals surface area contributed by atoms with Gasteiger partial charge in [0.05, 0.1) is 0 Å². The third-order valence-corrected chi connectivity index (χ3v) is 3.03. The fraction of sp³-hybridized carbons (Fsp3) is 0.429. The fourth-order valence-electron chi connectivity index (χ4n) is 1.19. The van der Waals surface area contributed by atoms with E-state index in [1.165, 1.54) is 5.56 Å². The molecule has 0 amide bonds. The summed E-state index contributed by atoms with van der Waals surface area (Å²) in [5, 5.41) is 1.33. The van der Waals surface area contributed by atoms with Crippen LogP contribution in [0.25, 0.3) is 0 Å². The summed E-state index contributed by atoms with van der Waals surface area (Å²) in [6.07, 6.45) is 5.12. The van der Waals surface area contributed by atoms with Crippen molar-refractivity contribution in [2.45, 2.75) is 38.4 Å². The monoisotopic (exact) mass is 256 g/mol. The molecule has 90 valence electrons. The average Bonchev–Trinajstić information content (AvgIpc) is 2.29. The van der Waals surface area contributed by atoms with Crippen molar-refractivity contribution in [1.82, 2.24) is 0 Å². The molecular formula is C14H21ClS. The van der Waals surface area contributed by atoms with Gasteiger partial charge in [0.25, 0.3) is 0 Å². The standard InChI is InChI=1S/C11H15ClS.C3H6/c1-2-11(13)8-5-9-3-6-10(12)7-4-9;1-3-2/h3-4,6-7,11,13H,2,5,8H2,1H3;3H,1H2,2H3. The highest BCUT2D eigenvalue weighted by Crippen LogP contribution is 2.14. The van der Waals surface area contributed by atoms with E-state index < -0.39 is 0 Å². The maximum Gasteiger partial charge on any atom is 0.0406 e. The largest absolute Gasteiger partial charge is 0.176 e. The van der Waals surface area contributed by atoms with E-state index in [0.29, 0.717) is 5.25 Å². The Bertz CT molecular complexity index is 279. The summed E-state index contributed by atoms with van der Waals surface area (Å²) in [5.41, 5.74) is 1.34. The van der Waals surface area contributed by atoms with Gasteiger partial charge in [-0.05, 0) is 43.9 Å². The van der Waals surface area contributed by atoms with Crippen LogP contribution < -0.4 is 0 Å². The van der Waals surface area contributed by atoms with Crippen LogP contribution in [0, 0.1) is 0 Å². The molecule has 0 aliphatic heterocycles. The lowest BCUT2D eigenvalue weighted by molar-refractivity contribution is 0.740. The molecule has 0 fully saturated rings. The number of benzene rings is 1. The summed E-state index contributed by atoms with van der Waals surface area (Å²) < 4.78 is 0. The van der Waals surface area contributed by atoms with Gasteiger partial charge in [0.15, 0.2) is 0 Å². The Hall–Kier alpha value is -0.400. The normalized spacial score (nSPS) is 11.2. The Morgan fingerprint density at radius 2 is 1.88 bits per heavy atom. The highest BCUT2D eigenvalue weighted by atomic mass is 35.5. The van der Waals surface area contributed by atoms with Crippen molar-refractivity contribution in [1.29, 1.82) is 0 Å². The molecule has 1 atom stereocenters. The van der Waals surface area contributed by atoms with Gasteiger partial charge in [0.1, 0.15) is 0 Å². The minimum atomic E-state index is 0.524. The SMILES string of the molecule is C=CC.CCC(S)CCc1ccc(Cl)cc1. The van der Waals surface area contributed by atoms with Crippen molar-refractivity contribution in [3.63, 3.8) is 0 Å². The highest BCUT2D eigenvalue weighted by molar-refractivity contribution is 7.80. The van der Waals surface area contributed by atoms with E-state index in [2.05, 4.69) is 38.3 Å². The van der Waals surface area contributed by atoms with Gasteiger partial charge >= 0.3 is 0 Å². The Kier molecular flexibility index (Phi) is 9.55. The van der Waals surface area contributed by atoms with Crippen molar-refractivity contribution in [2.24, 2.45) is 0 Å². The Labute approximate surface area is 110 Å². The van der Waals surface area contributed by atoms with Crippen molar-refractivity contribution in [2.75, 3.05) is 0 Å². The van der Waals surface area contributed by atoms with Crippen LogP contribution in [0.2, 0.25) is 5.02 Å². The van der Waals surface area contributed by atoms with Crippen LogP contribution in [0.15, 0.2) is 36.9 Å². The molecule has 1 unspecified atom stereocenters. The summed E-state index contributed by atoms with van der Waals surface area (Å²) in [4.78, 5) is 0. The molecule has 1 aromatic rings. The molecule has 0 saturated heterocycles. The van der Waals surface area contributed by atoms with Crippen LogP contribution in [0.3, 0.4) is 0 Å². The van der Waals surface area contributed by atoms with Gasteiger partial charge in [-0.3, -0.25) is 0 Å². The fourth-order valence-corrected chi connectivity index (χ4v) is 1.44. The minimum absolute atomic E-state index is 0.524. The summed E-state index contributed by atoms with van der Waals surface area (Å²) in [6.45, 7) is 7.42. The number of thiol groups is 1. The second-order valence-corrected chi connectivity index (χ2v) is 4.80. The second-order valence-electron chi connectivity index (χ2n) is 3.64. The van der Waals surface area contributed by atoms with Gasteiger partial charge in [0, 0.05) is 10.3 Å².